The summed E-state index contributed by atoms with van der Waals surface area (Å²) in [5.74, 6) is 0.0966. The second-order valence-corrected chi connectivity index (χ2v) is 8.28. The summed E-state index contributed by atoms with van der Waals surface area (Å²) < 4.78 is 11.9. The van der Waals surface area contributed by atoms with E-state index in [2.05, 4.69) is 6.92 Å². The predicted octanol–water partition coefficient (Wildman–Crippen LogP) is 5.55. The molecule has 0 saturated heterocycles. The van der Waals surface area contributed by atoms with Crippen molar-refractivity contribution in [2.75, 3.05) is 11.5 Å². The number of furan rings is 1. The number of nitrogen functional groups attached to an aromatic ring is 2. The van der Waals surface area contributed by atoms with Crippen molar-refractivity contribution < 1.29 is 24.2 Å². The number of rotatable bonds is 9. The van der Waals surface area contributed by atoms with Gasteiger partial charge in [0.1, 0.15) is 18.0 Å². The van der Waals surface area contributed by atoms with Crippen LogP contribution in [-0.4, -0.2) is 16.0 Å². The summed E-state index contributed by atoms with van der Waals surface area (Å²) in [7, 11) is 0. The molecule has 0 aliphatic rings. The molecule has 4 rings (SSSR count). The van der Waals surface area contributed by atoms with Gasteiger partial charge in [0.25, 0.3) is 0 Å². The Labute approximate surface area is 197 Å². The topological polar surface area (TPSA) is 132 Å². The van der Waals surface area contributed by atoms with Crippen LogP contribution in [0.25, 0.3) is 11.0 Å². The summed E-state index contributed by atoms with van der Waals surface area (Å²) in [6.45, 7) is 2.38. The smallest absolute Gasteiger partial charge is 0.197 e. The average molecular weight is 461 g/mol. The number of benzene rings is 3. The molecule has 34 heavy (non-hydrogen) atoms. The second kappa shape index (κ2) is 9.79. The Hall–Kier alpha value is -4.13. The molecule has 7 heteroatoms. The van der Waals surface area contributed by atoms with E-state index in [1.54, 1.807) is 6.07 Å². The molecule has 4 aromatic rings. The first-order valence-corrected chi connectivity index (χ1v) is 11.3. The van der Waals surface area contributed by atoms with Gasteiger partial charge in [-0.15, -0.1) is 0 Å². The van der Waals surface area contributed by atoms with Gasteiger partial charge in [-0.2, -0.15) is 0 Å². The minimum absolute atomic E-state index is 0.0168. The van der Waals surface area contributed by atoms with Crippen LogP contribution >= 0.6 is 0 Å². The van der Waals surface area contributed by atoms with E-state index in [1.807, 2.05) is 30.3 Å². The molecule has 6 N–H and O–H groups in total. The fraction of sp³-hybridized carbons (Fsp3) is 0.222. The van der Waals surface area contributed by atoms with E-state index in [0.29, 0.717) is 28.7 Å². The zero-order valence-corrected chi connectivity index (χ0v) is 19.0. The summed E-state index contributed by atoms with van der Waals surface area (Å²) in [6, 6.07) is 15.5. The van der Waals surface area contributed by atoms with E-state index < -0.39 is 0 Å². The van der Waals surface area contributed by atoms with Gasteiger partial charge in [0, 0.05) is 23.4 Å². The number of unbranched alkanes of at least 4 members (excludes halogenated alkanes) is 2. The molecule has 0 fully saturated rings. The number of hydrogen-bond acceptors (Lipinski definition) is 7. The average Bonchev–Trinajstić information content (AvgIpc) is 3.17. The van der Waals surface area contributed by atoms with Gasteiger partial charge in [-0.05, 0) is 30.2 Å². The Bertz CT molecular complexity index is 1310. The molecular formula is C27H28N2O5. The fourth-order valence-electron chi connectivity index (χ4n) is 3.93. The lowest BCUT2D eigenvalue weighted by Crippen LogP contribution is -2.06. The van der Waals surface area contributed by atoms with E-state index >= 15 is 0 Å². The van der Waals surface area contributed by atoms with Crippen molar-refractivity contribution in [3.8, 4) is 17.2 Å². The third-order valence-corrected chi connectivity index (χ3v) is 5.75. The van der Waals surface area contributed by atoms with E-state index in [1.165, 1.54) is 18.2 Å². The highest BCUT2D eigenvalue weighted by atomic mass is 16.5. The number of fused-ring (bicyclic) bond motifs is 1. The van der Waals surface area contributed by atoms with Crippen LogP contribution in [0.5, 0.6) is 17.2 Å². The molecule has 0 unspecified atom stereocenters. The first kappa shape index (κ1) is 23.0. The van der Waals surface area contributed by atoms with Gasteiger partial charge in [0.2, 0.25) is 0 Å². The van der Waals surface area contributed by atoms with Gasteiger partial charge in [0.05, 0.1) is 16.9 Å². The first-order chi connectivity index (χ1) is 16.4. The van der Waals surface area contributed by atoms with Gasteiger partial charge in [-0.3, -0.25) is 4.79 Å². The highest BCUT2D eigenvalue weighted by Crippen LogP contribution is 2.38. The summed E-state index contributed by atoms with van der Waals surface area (Å²) in [4.78, 5) is 13.5. The number of nitrogens with two attached hydrogens (primary N) is 2. The highest BCUT2D eigenvalue weighted by Gasteiger charge is 2.25. The Morgan fingerprint density at radius 2 is 1.71 bits per heavy atom. The van der Waals surface area contributed by atoms with Crippen LogP contribution in [0.4, 0.5) is 11.4 Å². The Morgan fingerprint density at radius 1 is 1.00 bits per heavy atom. The van der Waals surface area contributed by atoms with Crippen molar-refractivity contribution in [1.82, 2.24) is 0 Å². The number of phenolic OH excluding ortho intramolecular Hbond substituents is 2. The number of carbonyl (C=O) groups excluding carboxylic acids is 1. The van der Waals surface area contributed by atoms with Crippen LogP contribution in [0.1, 0.15) is 53.4 Å². The lowest BCUT2D eigenvalue weighted by molar-refractivity contribution is 0.103. The van der Waals surface area contributed by atoms with Crippen LogP contribution in [0.3, 0.4) is 0 Å². The molecule has 176 valence electrons. The SMILES string of the molecule is CCCCCc1oc2cc(OCc3ccccc3)c(O)cc2c1C(=O)c1cc(N)c(O)c(N)c1. The zero-order valence-electron chi connectivity index (χ0n) is 19.0. The van der Waals surface area contributed by atoms with E-state index in [9.17, 15) is 15.0 Å². The number of ether oxygens (including phenoxy) is 1. The van der Waals surface area contributed by atoms with Crippen molar-refractivity contribution in [2.24, 2.45) is 0 Å². The standard InChI is InChI=1S/C27H28N2O5/c1-2-3-5-10-22-25(26(31)17-11-19(28)27(32)20(29)12-17)18-13-21(30)24(14-23(18)34-22)33-15-16-8-6-4-7-9-16/h4,6-9,11-14,30,32H,2-3,5,10,15,28-29H2,1H3. The normalized spacial score (nSPS) is 11.1. The third-order valence-electron chi connectivity index (χ3n) is 5.75. The van der Waals surface area contributed by atoms with Crippen molar-refractivity contribution in [3.63, 3.8) is 0 Å². The largest absolute Gasteiger partial charge is 0.504 e. The molecule has 0 aliphatic heterocycles. The lowest BCUT2D eigenvalue weighted by atomic mass is 9.97. The van der Waals surface area contributed by atoms with Crippen molar-refractivity contribution in [2.45, 2.75) is 39.2 Å². The van der Waals surface area contributed by atoms with E-state index in [4.69, 9.17) is 20.6 Å². The minimum atomic E-state index is -0.346. The van der Waals surface area contributed by atoms with Crippen LogP contribution < -0.4 is 16.2 Å². The van der Waals surface area contributed by atoms with Gasteiger partial charge in [0.15, 0.2) is 23.0 Å². The number of ketones is 1. The lowest BCUT2D eigenvalue weighted by Gasteiger charge is -2.09. The molecule has 1 aromatic heterocycles. The molecule has 0 bridgehead atoms. The Kier molecular flexibility index (Phi) is 6.63. The maximum absolute atomic E-state index is 13.5. The van der Waals surface area contributed by atoms with Crippen LogP contribution in [0.2, 0.25) is 0 Å². The second-order valence-electron chi connectivity index (χ2n) is 8.28. The molecule has 0 aliphatic carbocycles. The predicted molar refractivity (Wildman–Crippen MR) is 132 cm³/mol. The number of hydrogen-bond donors (Lipinski definition) is 4. The number of aromatic hydroxyl groups is 2. The van der Waals surface area contributed by atoms with Gasteiger partial charge in [-0.25, -0.2) is 0 Å². The van der Waals surface area contributed by atoms with Gasteiger partial charge >= 0.3 is 0 Å². The summed E-state index contributed by atoms with van der Waals surface area (Å²) in [6.07, 6.45) is 3.42. The molecule has 0 amide bonds. The summed E-state index contributed by atoms with van der Waals surface area (Å²) in [5, 5.41) is 21.0. The van der Waals surface area contributed by atoms with Crippen LogP contribution in [0.15, 0.2) is 59.0 Å². The quantitative estimate of drug-likeness (QED) is 0.111. The zero-order chi connectivity index (χ0) is 24.2. The molecule has 7 nitrogen and oxygen atoms in total. The van der Waals surface area contributed by atoms with Crippen molar-refractivity contribution in [1.29, 1.82) is 0 Å². The van der Waals surface area contributed by atoms with Crippen LogP contribution in [0, 0.1) is 0 Å². The minimum Gasteiger partial charge on any atom is -0.504 e. The molecule has 0 radical (unpaired) electrons. The maximum Gasteiger partial charge on any atom is 0.197 e. The molecule has 3 aromatic carbocycles. The third kappa shape index (κ3) is 4.64. The molecular weight excluding hydrogens is 432 g/mol. The number of phenols is 2. The number of anilines is 2. The molecule has 0 saturated carbocycles. The van der Waals surface area contributed by atoms with E-state index in [0.717, 1.165) is 24.8 Å². The Morgan fingerprint density at radius 3 is 2.38 bits per heavy atom. The summed E-state index contributed by atoms with van der Waals surface area (Å²) in [5.41, 5.74) is 13.7. The molecule has 1 heterocycles. The van der Waals surface area contributed by atoms with Crippen molar-refractivity contribution >= 4 is 28.1 Å². The Balaban J connectivity index is 1.75. The number of aryl methyl sites for hydroxylation is 1. The van der Waals surface area contributed by atoms with Gasteiger partial charge < -0.3 is 30.8 Å². The monoisotopic (exact) mass is 460 g/mol. The first-order valence-electron chi connectivity index (χ1n) is 11.3. The highest BCUT2D eigenvalue weighted by molar-refractivity contribution is 6.18. The fourth-order valence-corrected chi connectivity index (χ4v) is 3.93. The number of carbonyl (C=O) groups is 1. The van der Waals surface area contributed by atoms with Crippen LogP contribution in [-0.2, 0) is 13.0 Å². The van der Waals surface area contributed by atoms with Gasteiger partial charge in [-0.1, -0.05) is 50.1 Å². The molecule has 0 atom stereocenters. The summed E-state index contributed by atoms with van der Waals surface area (Å²) >= 11 is 0. The van der Waals surface area contributed by atoms with Crippen molar-refractivity contribution in [3.05, 3.63) is 77.0 Å². The maximum atomic E-state index is 13.5. The van der Waals surface area contributed by atoms with E-state index in [-0.39, 0.29) is 46.6 Å². The molecule has 0 spiro atoms.